The number of aromatic amines is 2. The average molecular weight is 505 g/mol. The summed E-state index contributed by atoms with van der Waals surface area (Å²) in [7, 11) is 0. The number of fused-ring (bicyclic) bond motifs is 2. The first-order valence-corrected chi connectivity index (χ1v) is 12.8. The summed E-state index contributed by atoms with van der Waals surface area (Å²) >= 11 is 0. The third kappa shape index (κ3) is 4.18. The first-order valence-electron chi connectivity index (χ1n) is 12.8. The van der Waals surface area contributed by atoms with Crippen LogP contribution in [0.15, 0.2) is 79.3 Å². The smallest absolute Gasteiger partial charge is 0.181 e. The Morgan fingerprint density at radius 1 is 0.842 bits per heavy atom. The summed E-state index contributed by atoms with van der Waals surface area (Å²) in [6, 6.07) is 18.8. The van der Waals surface area contributed by atoms with Gasteiger partial charge in [-0.05, 0) is 73.5 Å². The van der Waals surface area contributed by atoms with Gasteiger partial charge in [0.15, 0.2) is 5.65 Å². The monoisotopic (exact) mass is 504 g/mol. The first-order chi connectivity index (χ1) is 18.7. The zero-order chi connectivity index (χ0) is 25.5. The van der Waals surface area contributed by atoms with Crippen molar-refractivity contribution in [2.75, 3.05) is 13.1 Å². The number of nitrogens with one attached hydrogen (secondary N) is 3. The fourth-order valence-corrected chi connectivity index (χ4v) is 5.21. The summed E-state index contributed by atoms with van der Waals surface area (Å²) in [6.45, 7) is 1.94. The molecule has 8 heteroatoms. The lowest BCUT2D eigenvalue weighted by Gasteiger charge is -2.23. The summed E-state index contributed by atoms with van der Waals surface area (Å²) in [5.74, 6) is 0.510. The van der Waals surface area contributed by atoms with Crippen molar-refractivity contribution >= 4 is 21.9 Å². The number of pyridine rings is 2. The summed E-state index contributed by atoms with van der Waals surface area (Å²) in [4.78, 5) is 12.5. The predicted molar refractivity (Wildman–Crippen MR) is 146 cm³/mol. The van der Waals surface area contributed by atoms with Crippen molar-refractivity contribution in [3.8, 4) is 39.4 Å². The Kier molecular flexibility index (Phi) is 5.59. The maximum absolute atomic E-state index is 13.9. The highest BCUT2D eigenvalue weighted by molar-refractivity contribution is 6.01. The Morgan fingerprint density at radius 3 is 2.61 bits per heavy atom. The van der Waals surface area contributed by atoms with Gasteiger partial charge in [0.25, 0.3) is 0 Å². The van der Waals surface area contributed by atoms with Gasteiger partial charge < -0.3 is 15.0 Å². The van der Waals surface area contributed by atoms with Gasteiger partial charge in [0.05, 0.1) is 17.6 Å². The summed E-state index contributed by atoms with van der Waals surface area (Å²) < 4.78 is 20.1. The summed E-state index contributed by atoms with van der Waals surface area (Å²) in [5, 5.41) is 12.9. The molecule has 4 aromatic heterocycles. The highest BCUT2D eigenvalue weighted by atomic mass is 19.1. The van der Waals surface area contributed by atoms with E-state index in [0.29, 0.717) is 5.65 Å². The molecule has 0 amide bonds. The molecule has 38 heavy (non-hydrogen) atoms. The first kappa shape index (κ1) is 22.6. The van der Waals surface area contributed by atoms with Gasteiger partial charge in [-0.2, -0.15) is 5.10 Å². The molecule has 3 N–H and O–H groups in total. The maximum Gasteiger partial charge on any atom is 0.181 e. The number of halogens is 1. The number of piperidine rings is 1. The van der Waals surface area contributed by atoms with Crippen molar-refractivity contribution in [1.82, 2.24) is 30.5 Å². The van der Waals surface area contributed by atoms with Crippen LogP contribution in [0, 0.1) is 5.82 Å². The molecule has 0 radical (unpaired) electrons. The predicted octanol–water partition coefficient (Wildman–Crippen LogP) is 6.11. The highest BCUT2D eigenvalue weighted by Crippen LogP contribution is 2.35. The van der Waals surface area contributed by atoms with E-state index in [-0.39, 0.29) is 11.9 Å². The third-order valence-corrected chi connectivity index (χ3v) is 7.11. The molecule has 188 valence electrons. The number of hydrogen-bond acceptors (Lipinski definition) is 5. The Hall–Kier alpha value is -4.56. The number of hydrogen-bond donors (Lipinski definition) is 3. The molecule has 0 aliphatic carbocycles. The van der Waals surface area contributed by atoms with E-state index in [1.807, 2.05) is 42.7 Å². The van der Waals surface area contributed by atoms with E-state index in [9.17, 15) is 4.39 Å². The molecule has 0 atom stereocenters. The number of H-pyrrole nitrogens is 2. The maximum atomic E-state index is 13.9. The lowest BCUT2D eigenvalue weighted by Crippen LogP contribution is -2.34. The van der Waals surface area contributed by atoms with E-state index in [1.165, 1.54) is 6.07 Å². The Balaban J connectivity index is 1.26. The van der Waals surface area contributed by atoms with Crippen LogP contribution < -0.4 is 10.1 Å². The van der Waals surface area contributed by atoms with Gasteiger partial charge in [0.2, 0.25) is 0 Å². The molecule has 5 heterocycles. The second kappa shape index (κ2) is 9.39. The van der Waals surface area contributed by atoms with E-state index in [4.69, 9.17) is 4.74 Å². The quantitative estimate of drug-likeness (QED) is 0.264. The number of ether oxygens (including phenoxy) is 1. The Bertz CT molecular complexity index is 1770. The van der Waals surface area contributed by atoms with Crippen LogP contribution in [0.2, 0.25) is 0 Å². The minimum Gasteiger partial charge on any atom is -0.489 e. The molecule has 7 nitrogen and oxygen atoms in total. The zero-order valence-corrected chi connectivity index (χ0v) is 20.5. The SMILES string of the molecule is Fc1cccc(-c2cccc3[nH]c(-c4[nH]nc5ncc(-c6cncc(OC7CCNCC7)c6)cc45)cc23)c1. The minimum atomic E-state index is -0.256. The fraction of sp³-hybridized carbons (Fsp3) is 0.167. The van der Waals surface area contributed by atoms with E-state index >= 15 is 0 Å². The Morgan fingerprint density at radius 2 is 1.71 bits per heavy atom. The average Bonchev–Trinajstić information content (AvgIpc) is 3.57. The molecule has 1 aliphatic rings. The van der Waals surface area contributed by atoms with E-state index in [2.05, 4.69) is 42.6 Å². The molecule has 1 fully saturated rings. The second-order valence-corrected chi connectivity index (χ2v) is 9.63. The van der Waals surface area contributed by atoms with Crippen molar-refractivity contribution in [3.05, 3.63) is 85.1 Å². The normalized spacial score (nSPS) is 14.3. The summed E-state index contributed by atoms with van der Waals surface area (Å²) in [5.41, 5.74) is 6.96. The second-order valence-electron chi connectivity index (χ2n) is 9.63. The van der Waals surface area contributed by atoms with Gasteiger partial charge in [0.1, 0.15) is 17.7 Å². The zero-order valence-electron chi connectivity index (χ0n) is 20.5. The van der Waals surface area contributed by atoms with Crippen LogP contribution in [0.4, 0.5) is 4.39 Å². The fourth-order valence-electron chi connectivity index (χ4n) is 5.21. The van der Waals surface area contributed by atoms with Crippen LogP contribution in [0.5, 0.6) is 5.75 Å². The van der Waals surface area contributed by atoms with Gasteiger partial charge in [-0.25, -0.2) is 9.37 Å². The molecule has 7 rings (SSSR count). The number of rotatable bonds is 5. The molecule has 0 bridgehead atoms. The topological polar surface area (TPSA) is 91.5 Å². The molecular weight excluding hydrogens is 479 g/mol. The minimum absolute atomic E-state index is 0.202. The van der Waals surface area contributed by atoms with Crippen molar-refractivity contribution < 1.29 is 9.13 Å². The molecule has 0 unspecified atom stereocenters. The molecule has 1 saturated heterocycles. The van der Waals surface area contributed by atoms with E-state index < -0.39 is 0 Å². The third-order valence-electron chi connectivity index (χ3n) is 7.11. The van der Waals surface area contributed by atoms with Gasteiger partial charge in [-0.1, -0.05) is 24.3 Å². The van der Waals surface area contributed by atoms with E-state index in [0.717, 1.165) is 81.6 Å². The lowest BCUT2D eigenvalue weighted by atomic mass is 10.0. The van der Waals surface area contributed by atoms with Gasteiger partial charge >= 0.3 is 0 Å². The van der Waals surface area contributed by atoms with Gasteiger partial charge in [0, 0.05) is 39.8 Å². The van der Waals surface area contributed by atoms with Crippen molar-refractivity contribution in [3.63, 3.8) is 0 Å². The van der Waals surface area contributed by atoms with Crippen molar-refractivity contribution in [1.29, 1.82) is 0 Å². The number of aromatic nitrogens is 5. The van der Waals surface area contributed by atoms with Crippen LogP contribution in [0.1, 0.15) is 12.8 Å². The van der Waals surface area contributed by atoms with Crippen LogP contribution in [-0.2, 0) is 0 Å². The summed E-state index contributed by atoms with van der Waals surface area (Å²) in [6.07, 6.45) is 7.58. The largest absolute Gasteiger partial charge is 0.489 e. The molecule has 6 aromatic rings. The van der Waals surface area contributed by atoms with Crippen LogP contribution >= 0.6 is 0 Å². The van der Waals surface area contributed by atoms with Crippen LogP contribution in [0.3, 0.4) is 0 Å². The molecule has 1 aliphatic heterocycles. The lowest BCUT2D eigenvalue weighted by molar-refractivity contribution is 0.162. The van der Waals surface area contributed by atoms with Crippen molar-refractivity contribution in [2.24, 2.45) is 0 Å². The van der Waals surface area contributed by atoms with Gasteiger partial charge in [-0.15, -0.1) is 0 Å². The van der Waals surface area contributed by atoms with Crippen molar-refractivity contribution in [2.45, 2.75) is 18.9 Å². The molecule has 2 aromatic carbocycles. The van der Waals surface area contributed by atoms with Crippen LogP contribution in [0.25, 0.3) is 55.6 Å². The number of benzene rings is 2. The standard InChI is InChI=1S/C30H25FN6O/c31-21-4-1-3-18(11-21)24-5-2-6-27-25(24)14-28(35-27)29-26-13-20(16-34-30(26)37-36-29)19-12-23(17-33-15-19)38-22-7-9-32-10-8-22/h1-6,11-17,22,32,35H,7-10H2,(H,34,36,37). The molecule has 0 spiro atoms. The van der Waals surface area contributed by atoms with Crippen LogP contribution in [-0.4, -0.2) is 44.3 Å². The Labute approximate surface area is 218 Å². The van der Waals surface area contributed by atoms with E-state index in [1.54, 1.807) is 18.3 Å². The highest BCUT2D eigenvalue weighted by Gasteiger charge is 2.17. The van der Waals surface area contributed by atoms with Gasteiger partial charge in [-0.3, -0.25) is 10.1 Å². The molecule has 0 saturated carbocycles. The number of nitrogens with zero attached hydrogens (tertiary/aromatic N) is 3. The molecular formula is C30H25FN6O.